The lowest BCUT2D eigenvalue weighted by atomic mass is 10.2. The number of carbonyl (C=O) groups is 1. The molecule has 7 heteroatoms. The van der Waals surface area contributed by atoms with Crippen LogP contribution in [0.2, 0.25) is 10.0 Å². The zero-order valence-corrected chi connectivity index (χ0v) is 14.3. The van der Waals surface area contributed by atoms with Crippen LogP contribution in [0.4, 0.5) is 0 Å². The third-order valence-corrected chi connectivity index (χ3v) is 3.88. The van der Waals surface area contributed by atoms with E-state index in [1.54, 1.807) is 42.5 Å². The monoisotopic (exact) mass is 374 g/mol. The lowest BCUT2D eigenvalue weighted by Crippen LogP contribution is -2.16. The van der Waals surface area contributed by atoms with Gasteiger partial charge in [-0.3, -0.25) is 4.79 Å². The van der Waals surface area contributed by atoms with E-state index in [-0.39, 0.29) is 11.5 Å². The number of hydrazone groups is 1. The molecule has 0 aliphatic heterocycles. The number of hydrogen-bond donors (Lipinski definition) is 2. The van der Waals surface area contributed by atoms with Crippen LogP contribution in [0.5, 0.6) is 5.75 Å². The van der Waals surface area contributed by atoms with Crippen molar-refractivity contribution in [2.75, 3.05) is 0 Å². The van der Waals surface area contributed by atoms with Gasteiger partial charge in [0.05, 0.1) is 11.2 Å². The van der Waals surface area contributed by atoms with Gasteiger partial charge < -0.3 is 9.52 Å². The van der Waals surface area contributed by atoms with E-state index >= 15 is 0 Å². The SMILES string of the molecule is O=C(N/N=C/c1ccccc1O)c1ccc(-c2ccc(Cl)cc2Cl)o1. The van der Waals surface area contributed by atoms with Gasteiger partial charge in [-0.2, -0.15) is 5.10 Å². The summed E-state index contributed by atoms with van der Waals surface area (Å²) in [4.78, 5) is 12.1. The van der Waals surface area contributed by atoms with Crippen molar-refractivity contribution in [1.29, 1.82) is 0 Å². The number of aromatic hydroxyl groups is 1. The highest BCUT2D eigenvalue weighted by atomic mass is 35.5. The van der Waals surface area contributed by atoms with Gasteiger partial charge in [0, 0.05) is 16.1 Å². The van der Waals surface area contributed by atoms with Crippen LogP contribution >= 0.6 is 23.2 Å². The van der Waals surface area contributed by atoms with Gasteiger partial charge in [0.15, 0.2) is 5.76 Å². The van der Waals surface area contributed by atoms with E-state index in [1.165, 1.54) is 18.3 Å². The second-order valence-electron chi connectivity index (χ2n) is 5.05. The van der Waals surface area contributed by atoms with Crippen molar-refractivity contribution in [1.82, 2.24) is 5.43 Å². The van der Waals surface area contributed by atoms with Crippen molar-refractivity contribution in [2.45, 2.75) is 0 Å². The molecule has 0 aliphatic carbocycles. The Morgan fingerprint density at radius 1 is 1.12 bits per heavy atom. The fourth-order valence-electron chi connectivity index (χ4n) is 2.11. The average molecular weight is 375 g/mol. The van der Waals surface area contributed by atoms with Gasteiger partial charge in [0.2, 0.25) is 0 Å². The standard InChI is InChI=1S/C18H12Cl2N2O3/c19-12-5-6-13(14(20)9-12)16-7-8-17(25-16)18(24)22-21-10-11-3-1-2-4-15(11)23/h1-10,23H,(H,22,24)/b21-10+. The van der Waals surface area contributed by atoms with Crippen molar-refractivity contribution in [3.8, 4) is 17.1 Å². The van der Waals surface area contributed by atoms with E-state index in [0.29, 0.717) is 26.9 Å². The molecule has 3 rings (SSSR count). The highest BCUT2D eigenvalue weighted by Crippen LogP contribution is 2.31. The number of halogens is 2. The minimum Gasteiger partial charge on any atom is -0.507 e. The minimum absolute atomic E-state index is 0.0677. The molecule has 1 amide bonds. The second kappa shape index (κ2) is 7.42. The first-order valence-corrected chi connectivity index (χ1v) is 7.97. The van der Waals surface area contributed by atoms with Gasteiger partial charge in [0.25, 0.3) is 0 Å². The normalized spacial score (nSPS) is 11.0. The molecule has 5 nitrogen and oxygen atoms in total. The van der Waals surface area contributed by atoms with E-state index in [0.717, 1.165) is 0 Å². The number of nitrogens with zero attached hydrogens (tertiary/aromatic N) is 1. The largest absolute Gasteiger partial charge is 0.507 e. The Bertz CT molecular complexity index is 951. The Morgan fingerprint density at radius 2 is 1.92 bits per heavy atom. The maximum atomic E-state index is 12.1. The fraction of sp³-hybridized carbons (Fsp3) is 0. The van der Waals surface area contributed by atoms with Crippen LogP contribution in [-0.2, 0) is 0 Å². The van der Waals surface area contributed by atoms with Crippen LogP contribution in [0.3, 0.4) is 0 Å². The molecular weight excluding hydrogens is 363 g/mol. The number of benzene rings is 2. The van der Waals surface area contributed by atoms with Crippen molar-refractivity contribution >= 4 is 35.3 Å². The van der Waals surface area contributed by atoms with Gasteiger partial charge in [-0.25, -0.2) is 5.43 Å². The molecule has 2 aromatic carbocycles. The van der Waals surface area contributed by atoms with Gasteiger partial charge in [0.1, 0.15) is 11.5 Å². The Kier molecular flexibility index (Phi) is 5.07. The lowest BCUT2D eigenvalue weighted by Gasteiger charge is -2.01. The molecule has 1 heterocycles. The zero-order valence-electron chi connectivity index (χ0n) is 12.7. The summed E-state index contributed by atoms with van der Waals surface area (Å²) in [6.45, 7) is 0. The van der Waals surface area contributed by atoms with E-state index in [4.69, 9.17) is 27.6 Å². The molecule has 0 fully saturated rings. The van der Waals surface area contributed by atoms with E-state index in [1.807, 2.05) is 0 Å². The number of phenolic OH excluding ortho intramolecular Hbond substituents is 1. The molecule has 0 unspecified atom stereocenters. The molecular formula is C18H12Cl2N2O3. The first-order valence-electron chi connectivity index (χ1n) is 7.21. The van der Waals surface area contributed by atoms with Crippen LogP contribution in [0.1, 0.15) is 16.1 Å². The Labute approximate surface area is 153 Å². The van der Waals surface area contributed by atoms with Crippen LogP contribution in [0.25, 0.3) is 11.3 Å². The molecule has 3 aromatic rings. The Balaban J connectivity index is 1.72. The number of para-hydroxylation sites is 1. The first kappa shape index (κ1) is 17.1. The zero-order chi connectivity index (χ0) is 17.8. The second-order valence-corrected chi connectivity index (χ2v) is 5.89. The summed E-state index contributed by atoms with van der Waals surface area (Å²) in [6, 6.07) is 14.8. The van der Waals surface area contributed by atoms with Crippen LogP contribution in [0.15, 0.2) is 64.1 Å². The van der Waals surface area contributed by atoms with Crippen LogP contribution < -0.4 is 5.43 Å². The number of furan rings is 1. The van der Waals surface area contributed by atoms with Gasteiger partial charge >= 0.3 is 5.91 Å². The predicted molar refractivity (Wildman–Crippen MR) is 97.3 cm³/mol. The van der Waals surface area contributed by atoms with Gasteiger partial charge in [-0.05, 0) is 42.5 Å². The topological polar surface area (TPSA) is 74.8 Å². The summed E-state index contributed by atoms with van der Waals surface area (Å²) in [7, 11) is 0. The van der Waals surface area contributed by atoms with Crippen molar-refractivity contribution in [3.63, 3.8) is 0 Å². The summed E-state index contributed by atoms with van der Waals surface area (Å²) < 4.78 is 5.52. The fourth-order valence-corrected chi connectivity index (χ4v) is 2.61. The number of hydrogen-bond acceptors (Lipinski definition) is 4. The molecule has 2 N–H and O–H groups in total. The molecule has 0 bridgehead atoms. The summed E-state index contributed by atoms with van der Waals surface area (Å²) in [5.41, 5.74) is 3.44. The summed E-state index contributed by atoms with van der Waals surface area (Å²) in [6.07, 6.45) is 1.34. The molecule has 25 heavy (non-hydrogen) atoms. The number of phenols is 1. The third kappa shape index (κ3) is 4.02. The molecule has 0 saturated heterocycles. The first-order chi connectivity index (χ1) is 12.0. The number of amides is 1. The predicted octanol–water partition coefficient (Wildman–Crippen LogP) is 4.72. The summed E-state index contributed by atoms with van der Waals surface area (Å²) in [5.74, 6) is 0.0631. The van der Waals surface area contributed by atoms with E-state index in [2.05, 4.69) is 10.5 Å². The Morgan fingerprint density at radius 3 is 2.68 bits per heavy atom. The highest BCUT2D eigenvalue weighted by Gasteiger charge is 2.13. The molecule has 126 valence electrons. The molecule has 0 radical (unpaired) electrons. The number of nitrogens with one attached hydrogen (secondary N) is 1. The lowest BCUT2D eigenvalue weighted by molar-refractivity contribution is 0.0928. The van der Waals surface area contributed by atoms with Gasteiger partial charge in [-0.1, -0.05) is 35.3 Å². The molecule has 0 saturated carbocycles. The molecule has 0 spiro atoms. The average Bonchev–Trinajstić information content (AvgIpc) is 3.06. The van der Waals surface area contributed by atoms with Crippen molar-refractivity contribution in [2.24, 2.45) is 5.10 Å². The number of rotatable bonds is 4. The molecule has 1 aromatic heterocycles. The smallest absolute Gasteiger partial charge is 0.307 e. The van der Waals surface area contributed by atoms with Crippen molar-refractivity contribution < 1.29 is 14.3 Å². The number of carbonyl (C=O) groups excluding carboxylic acids is 1. The Hall–Kier alpha value is -2.76. The maximum absolute atomic E-state index is 12.1. The summed E-state index contributed by atoms with van der Waals surface area (Å²) in [5, 5.41) is 14.4. The quantitative estimate of drug-likeness (QED) is 0.512. The minimum atomic E-state index is -0.525. The van der Waals surface area contributed by atoms with E-state index in [9.17, 15) is 9.90 Å². The van der Waals surface area contributed by atoms with Gasteiger partial charge in [-0.15, -0.1) is 0 Å². The summed E-state index contributed by atoms with van der Waals surface area (Å²) >= 11 is 12.0. The maximum Gasteiger partial charge on any atom is 0.307 e. The van der Waals surface area contributed by atoms with Crippen molar-refractivity contribution in [3.05, 3.63) is 76.0 Å². The highest BCUT2D eigenvalue weighted by molar-refractivity contribution is 6.36. The van der Waals surface area contributed by atoms with E-state index < -0.39 is 5.91 Å². The molecule has 0 aliphatic rings. The third-order valence-electron chi connectivity index (χ3n) is 3.33. The van der Waals surface area contributed by atoms with Crippen LogP contribution in [0, 0.1) is 0 Å². The molecule has 0 atom stereocenters. The van der Waals surface area contributed by atoms with Crippen LogP contribution in [-0.4, -0.2) is 17.2 Å².